The summed E-state index contributed by atoms with van der Waals surface area (Å²) in [6, 6.07) is 5.56. The Kier molecular flexibility index (Phi) is 6.09. The zero-order valence-electron chi connectivity index (χ0n) is 21.6. The number of hydrogen-bond acceptors (Lipinski definition) is 8. The largest absolute Gasteiger partial charge is 0.508 e. The van der Waals surface area contributed by atoms with Crippen molar-refractivity contribution in [3.8, 4) is 11.8 Å². The zero-order chi connectivity index (χ0) is 25.1. The molecule has 2 unspecified atom stereocenters. The van der Waals surface area contributed by atoms with Crippen molar-refractivity contribution in [1.82, 2.24) is 20.2 Å². The average molecular weight is 525 g/mol. The van der Waals surface area contributed by atoms with Gasteiger partial charge in [-0.1, -0.05) is 11.6 Å². The number of nitrogens with one attached hydrogen (secondary N) is 1. The molecule has 0 spiro atoms. The number of halogens is 1. The molecule has 1 saturated carbocycles. The minimum absolute atomic E-state index is 0.222. The van der Waals surface area contributed by atoms with Crippen molar-refractivity contribution in [3.05, 3.63) is 34.0 Å². The highest BCUT2D eigenvalue weighted by molar-refractivity contribution is 6.32. The molecule has 9 heteroatoms. The van der Waals surface area contributed by atoms with Crippen LogP contribution in [0.5, 0.6) is 11.8 Å². The van der Waals surface area contributed by atoms with Gasteiger partial charge in [-0.15, -0.1) is 0 Å². The number of phenolic OH excluding ortho intramolecular Hbond substituents is 1. The number of hydrogen-bond donors (Lipinski definition) is 2. The van der Waals surface area contributed by atoms with Crippen LogP contribution in [0.1, 0.15) is 61.3 Å². The number of aromatic hydroxyl groups is 1. The van der Waals surface area contributed by atoms with Crippen LogP contribution in [0.25, 0.3) is 0 Å². The van der Waals surface area contributed by atoms with Crippen LogP contribution in [0.3, 0.4) is 0 Å². The zero-order valence-corrected chi connectivity index (χ0v) is 22.4. The molecule has 3 saturated heterocycles. The molecule has 1 aromatic carbocycles. The Balaban J connectivity index is 1.22. The fraction of sp³-hybridized carbons (Fsp3) is 0.643. The number of benzene rings is 1. The highest BCUT2D eigenvalue weighted by atomic mass is 35.5. The predicted octanol–water partition coefficient (Wildman–Crippen LogP) is 3.69. The third-order valence-corrected chi connectivity index (χ3v) is 9.35. The van der Waals surface area contributed by atoms with E-state index in [-0.39, 0.29) is 5.75 Å². The van der Waals surface area contributed by atoms with Crippen molar-refractivity contribution in [2.45, 2.75) is 75.5 Å². The fourth-order valence-electron chi connectivity index (χ4n) is 6.88. The molecule has 0 amide bonds. The van der Waals surface area contributed by atoms with Gasteiger partial charge < -0.3 is 29.9 Å². The lowest BCUT2D eigenvalue weighted by Crippen LogP contribution is -2.52. The van der Waals surface area contributed by atoms with E-state index in [1.165, 1.54) is 30.4 Å². The van der Waals surface area contributed by atoms with Crippen molar-refractivity contribution >= 4 is 23.1 Å². The summed E-state index contributed by atoms with van der Waals surface area (Å²) in [4.78, 5) is 17.2. The van der Waals surface area contributed by atoms with Gasteiger partial charge in [0.1, 0.15) is 18.2 Å². The van der Waals surface area contributed by atoms with Crippen LogP contribution in [-0.4, -0.2) is 77.9 Å². The number of phenols is 1. The molecule has 2 bridgehead atoms. The Labute approximate surface area is 224 Å². The number of likely N-dealkylation sites (N-methyl/N-ethyl adjacent to an activating group) is 1. The third kappa shape index (κ3) is 4.61. The lowest BCUT2D eigenvalue weighted by Gasteiger charge is -2.38. The smallest absolute Gasteiger partial charge is 0.318 e. The molecule has 1 aromatic heterocycles. The van der Waals surface area contributed by atoms with Crippen molar-refractivity contribution < 1.29 is 9.84 Å². The minimum Gasteiger partial charge on any atom is -0.508 e. The first kappa shape index (κ1) is 23.8. The number of piperazine rings is 1. The van der Waals surface area contributed by atoms with Gasteiger partial charge in [-0.25, -0.2) is 0 Å². The van der Waals surface area contributed by atoms with Crippen molar-refractivity contribution in [1.29, 1.82) is 0 Å². The summed E-state index contributed by atoms with van der Waals surface area (Å²) < 4.78 is 6.29. The molecule has 37 heavy (non-hydrogen) atoms. The van der Waals surface area contributed by atoms with Gasteiger partial charge in [0.2, 0.25) is 0 Å². The summed E-state index contributed by atoms with van der Waals surface area (Å²) in [7, 11) is 2.17. The van der Waals surface area contributed by atoms with E-state index in [1.54, 1.807) is 6.07 Å². The van der Waals surface area contributed by atoms with Gasteiger partial charge in [0.05, 0.1) is 12.2 Å². The normalized spacial score (nSPS) is 27.6. The van der Waals surface area contributed by atoms with Gasteiger partial charge in [0, 0.05) is 60.1 Å². The number of nitrogens with zero attached hydrogens (tertiary/aromatic N) is 5. The summed E-state index contributed by atoms with van der Waals surface area (Å²) in [6.45, 7) is 5.25. The van der Waals surface area contributed by atoms with Crippen molar-refractivity contribution in [2.24, 2.45) is 0 Å². The molecule has 4 aliphatic heterocycles. The van der Waals surface area contributed by atoms with Crippen LogP contribution in [0, 0.1) is 0 Å². The fourth-order valence-corrected chi connectivity index (χ4v) is 7.24. The van der Waals surface area contributed by atoms with Crippen LogP contribution in [-0.2, 0) is 13.0 Å². The number of fused-ring (bicyclic) bond motifs is 3. The van der Waals surface area contributed by atoms with E-state index in [0.29, 0.717) is 48.2 Å². The lowest BCUT2D eigenvalue weighted by atomic mass is 10.0. The first-order valence-corrected chi connectivity index (χ1v) is 14.4. The second-order valence-electron chi connectivity index (χ2n) is 11.7. The first-order valence-electron chi connectivity index (χ1n) is 14.0. The topological polar surface area (TPSA) is 77.0 Å². The number of likely N-dealkylation sites (tertiary alicyclic amines) is 1. The maximum atomic E-state index is 10.4. The molecule has 3 atom stereocenters. The Bertz CT molecular complexity index is 1180. The van der Waals surface area contributed by atoms with E-state index in [1.807, 2.05) is 6.07 Å². The van der Waals surface area contributed by atoms with Crippen LogP contribution < -0.4 is 19.9 Å². The second-order valence-corrected chi connectivity index (χ2v) is 12.1. The molecule has 1 aliphatic carbocycles. The minimum atomic E-state index is 0.222. The molecule has 2 N–H and O–H groups in total. The van der Waals surface area contributed by atoms with Gasteiger partial charge in [0.25, 0.3) is 0 Å². The maximum Gasteiger partial charge on any atom is 0.318 e. The quantitative estimate of drug-likeness (QED) is 0.592. The number of anilines is 2. The Morgan fingerprint density at radius 1 is 1.05 bits per heavy atom. The standard InChI is InChI=1S/C28H37ClN6O2/c1-33-9-2-3-20(33)16-37-28-31-24-15-34(25-12-21(36)11-23(29)26(25)17-4-5-17)10-8-22(24)27(32-28)35-13-18-6-7-19(14-35)30-18/h11-12,17-20,30,36H,2-10,13-16H2,1H3/t18?,19?,20-/m0/s1. The van der Waals surface area contributed by atoms with Crippen LogP contribution in [0.15, 0.2) is 12.1 Å². The SMILES string of the molecule is CN1CCC[C@H]1COc1nc2c(c(N3CC4CCC(C3)N4)n1)CCN(c1cc(O)cc(Cl)c1C1CC1)C2. The van der Waals surface area contributed by atoms with Crippen LogP contribution in [0.2, 0.25) is 5.02 Å². The Morgan fingerprint density at radius 3 is 2.59 bits per heavy atom. The van der Waals surface area contributed by atoms with Crippen molar-refractivity contribution in [2.75, 3.05) is 49.6 Å². The van der Waals surface area contributed by atoms with Crippen molar-refractivity contribution in [3.63, 3.8) is 0 Å². The summed E-state index contributed by atoms with van der Waals surface area (Å²) in [5.74, 6) is 1.78. The van der Waals surface area contributed by atoms with E-state index in [0.717, 1.165) is 69.1 Å². The maximum absolute atomic E-state index is 10.4. The molecule has 2 aromatic rings. The number of ether oxygens (including phenoxy) is 1. The molecule has 7 rings (SSSR count). The Morgan fingerprint density at radius 2 is 1.86 bits per heavy atom. The number of aromatic nitrogens is 2. The van der Waals surface area contributed by atoms with E-state index in [4.69, 9.17) is 26.3 Å². The molecular weight excluding hydrogens is 488 g/mol. The van der Waals surface area contributed by atoms with Crippen LogP contribution >= 0.6 is 11.6 Å². The molecular formula is C28H37ClN6O2. The monoisotopic (exact) mass is 524 g/mol. The lowest BCUT2D eigenvalue weighted by molar-refractivity contribution is 0.187. The highest BCUT2D eigenvalue weighted by Crippen LogP contribution is 2.49. The molecule has 0 radical (unpaired) electrons. The van der Waals surface area contributed by atoms with Gasteiger partial charge in [-0.2, -0.15) is 9.97 Å². The van der Waals surface area contributed by atoms with Gasteiger partial charge in [-0.3, -0.25) is 0 Å². The van der Waals surface area contributed by atoms with Gasteiger partial charge >= 0.3 is 6.01 Å². The molecule has 5 aliphatic rings. The average Bonchev–Trinajstić information content (AvgIpc) is 3.55. The highest BCUT2D eigenvalue weighted by Gasteiger charge is 2.36. The summed E-state index contributed by atoms with van der Waals surface area (Å²) in [5.41, 5.74) is 4.52. The molecule has 198 valence electrons. The molecule has 8 nitrogen and oxygen atoms in total. The van der Waals surface area contributed by atoms with Gasteiger partial charge in [0.15, 0.2) is 0 Å². The Hall–Kier alpha value is -2.29. The van der Waals surface area contributed by atoms with E-state index < -0.39 is 0 Å². The van der Waals surface area contributed by atoms with Gasteiger partial charge in [-0.05, 0) is 76.1 Å². The number of rotatable bonds is 6. The molecule has 4 fully saturated rings. The third-order valence-electron chi connectivity index (χ3n) is 9.03. The predicted molar refractivity (Wildman–Crippen MR) is 145 cm³/mol. The van der Waals surface area contributed by atoms with E-state index in [2.05, 4.69) is 27.1 Å². The molecule has 5 heterocycles. The van der Waals surface area contributed by atoms with Crippen LogP contribution in [0.4, 0.5) is 11.5 Å². The summed E-state index contributed by atoms with van der Waals surface area (Å²) in [6.07, 6.45) is 8.04. The van der Waals surface area contributed by atoms with E-state index in [9.17, 15) is 5.11 Å². The summed E-state index contributed by atoms with van der Waals surface area (Å²) >= 11 is 6.64. The second kappa shape index (κ2) is 9.47. The first-order chi connectivity index (χ1) is 18.0. The summed E-state index contributed by atoms with van der Waals surface area (Å²) in [5, 5.41) is 14.8. The van der Waals surface area contributed by atoms with E-state index >= 15 is 0 Å².